The minimum Gasteiger partial charge on any atom is -0.478 e. The third-order valence-electron chi connectivity index (χ3n) is 2.97. The smallest absolute Gasteiger partial charge is 0.329 e. The van der Waals surface area contributed by atoms with Crippen molar-refractivity contribution in [2.24, 2.45) is 5.92 Å². The second kappa shape index (κ2) is 5.68. The average molecular weight is 197 g/mol. The highest BCUT2D eigenvalue weighted by Crippen LogP contribution is 2.26. The minimum atomic E-state index is -0.888. The van der Waals surface area contributed by atoms with E-state index in [1.807, 2.05) is 0 Å². The topological polar surface area (TPSA) is 49.3 Å². The van der Waals surface area contributed by atoms with Gasteiger partial charge in [-0.25, -0.2) is 4.79 Å². The molecule has 1 rings (SSSR count). The Morgan fingerprint density at radius 2 is 2.21 bits per heavy atom. The second-order valence-corrected chi connectivity index (χ2v) is 3.90. The molecule has 0 saturated heterocycles. The van der Waals surface area contributed by atoms with Gasteiger partial charge in [0.1, 0.15) is 0 Å². The largest absolute Gasteiger partial charge is 0.478 e. The van der Waals surface area contributed by atoms with Crippen LogP contribution in [0, 0.1) is 5.92 Å². The summed E-state index contributed by atoms with van der Waals surface area (Å²) in [5.74, 6) is -0.177. The van der Waals surface area contributed by atoms with E-state index in [2.05, 4.69) is 12.2 Å². The standard InChI is InChI=1S/C11H19NO2/c1-2-9-5-3-4-6-10(9)12-8-7-11(13)14/h7-10,12H,2-6H2,1H3,(H,13,14)/b8-7+. The summed E-state index contributed by atoms with van der Waals surface area (Å²) in [6.45, 7) is 2.20. The Morgan fingerprint density at radius 3 is 2.86 bits per heavy atom. The van der Waals surface area contributed by atoms with E-state index < -0.39 is 5.97 Å². The van der Waals surface area contributed by atoms with Crippen LogP contribution in [-0.2, 0) is 4.79 Å². The second-order valence-electron chi connectivity index (χ2n) is 3.90. The van der Waals surface area contributed by atoms with E-state index in [9.17, 15) is 4.79 Å². The summed E-state index contributed by atoms with van der Waals surface area (Å²) in [7, 11) is 0. The molecule has 1 aliphatic rings. The van der Waals surface area contributed by atoms with Gasteiger partial charge >= 0.3 is 5.97 Å². The molecular weight excluding hydrogens is 178 g/mol. The van der Waals surface area contributed by atoms with E-state index in [4.69, 9.17) is 5.11 Å². The molecule has 2 atom stereocenters. The van der Waals surface area contributed by atoms with E-state index in [1.54, 1.807) is 6.20 Å². The van der Waals surface area contributed by atoms with Gasteiger partial charge in [0.05, 0.1) is 0 Å². The van der Waals surface area contributed by atoms with Crippen LogP contribution in [0.5, 0.6) is 0 Å². The van der Waals surface area contributed by atoms with Crippen molar-refractivity contribution in [3.05, 3.63) is 12.3 Å². The van der Waals surface area contributed by atoms with Crippen LogP contribution in [0.25, 0.3) is 0 Å². The van der Waals surface area contributed by atoms with Crippen molar-refractivity contribution in [2.45, 2.75) is 45.1 Å². The van der Waals surface area contributed by atoms with Gasteiger partial charge in [0.15, 0.2) is 0 Å². The Bertz CT molecular complexity index is 213. The van der Waals surface area contributed by atoms with Crippen molar-refractivity contribution < 1.29 is 9.90 Å². The van der Waals surface area contributed by atoms with Crippen molar-refractivity contribution in [1.82, 2.24) is 5.32 Å². The van der Waals surface area contributed by atoms with Crippen LogP contribution < -0.4 is 5.32 Å². The number of carboxylic acid groups (broad SMARTS) is 1. The first-order chi connectivity index (χ1) is 6.74. The molecule has 14 heavy (non-hydrogen) atoms. The van der Waals surface area contributed by atoms with Crippen LogP contribution in [0.1, 0.15) is 39.0 Å². The number of hydrogen-bond donors (Lipinski definition) is 2. The molecule has 80 valence electrons. The molecule has 0 heterocycles. The van der Waals surface area contributed by atoms with Crippen molar-refractivity contribution in [1.29, 1.82) is 0 Å². The number of nitrogens with one attached hydrogen (secondary N) is 1. The maximum atomic E-state index is 10.3. The van der Waals surface area contributed by atoms with Gasteiger partial charge < -0.3 is 10.4 Å². The fourth-order valence-electron chi connectivity index (χ4n) is 2.16. The summed E-state index contributed by atoms with van der Waals surface area (Å²) in [4.78, 5) is 10.3. The summed E-state index contributed by atoms with van der Waals surface area (Å²) >= 11 is 0. The third kappa shape index (κ3) is 3.40. The van der Waals surface area contributed by atoms with Crippen molar-refractivity contribution in [3.8, 4) is 0 Å². The van der Waals surface area contributed by atoms with Gasteiger partial charge in [0.25, 0.3) is 0 Å². The number of carboxylic acids is 1. The monoisotopic (exact) mass is 197 g/mol. The zero-order chi connectivity index (χ0) is 10.4. The zero-order valence-electron chi connectivity index (χ0n) is 8.70. The normalized spacial score (nSPS) is 27.8. The molecule has 1 saturated carbocycles. The SMILES string of the molecule is CCC1CCCCC1N/C=C/C(=O)O. The molecule has 3 nitrogen and oxygen atoms in total. The van der Waals surface area contributed by atoms with Gasteiger partial charge in [0, 0.05) is 18.3 Å². The van der Waals surface area contributed by atoms with E-state index in [1.165, 1.54) is 38.2 Å². The first-order valence-corrected chi connectivity index (χ1v) is 5.39. The molecule has 1 aliphatic carbocycles. The summed E-state index contributed by atoms with van der Waals surface area (Å²) in [6, 6.07) is 0.476. The summed E-state index contributed by atoms with van der Waals surface area (Å²) in [5, 5.41) is 11.6. The first-order valence-electron chi connectivity index (χ1n) is 5.39. The van der Waals surface area contributed by atoms with Crippen LogP contribution in [0.15, 0.2) is 12.3 Å². The molecule has 1 fully saturated rings. The molecule has 0 radical (unpaired) electrons. The van der Waals surface area contributed by atoms with Gasteiger partial charge in [-0.2, -0.15) is 0 Å². The van der Waals surface area contributed by atoms with Crippen LogP contribution in [0.2, 0.25) is 0 Å². The average Bonchev–Trinajstić information content (AvgIpc) is 2.18. The Kier molecular flexibility index (Phi) is 4.50. The van der Waals surface area contributed by atoms with Gasteiger partial charge in [0.2, 0.25) is 0 Å². The van der Waals surface area contributed by atoms with Crippen LogP contribution in [-0.4, -0.2) is 17.1 Å². The number of carbonyl (C=O) groups is 1. The Balaban J connectivity index is 2.36. The van der Waals surface area contributed by atoms with Gasteiger partial charge in [-0.15, -0.1) is 0 Å². The van der Waals surface area contributed by atoms with Crippen LogP contribution >= 0.6 is 0 Å². The molecule has 3 heteroatoms. The van der Waals surface area contributed by atoms with E-state index >= 15 is 0 Å². The Labute approximate surface area is 85.2 Å². The number of rotatable bonds is 4. The maximum absolute atomic E-state index is 10.3. The Morgan fingerprint density at radius 1 is 1.50 bits per heavy atom. The molecule has 0 bridgehead atoms. The molecule has 0 aromatic carbocycles. The lowest BCUT2D eigenvalue weighted by atomic mass is 9.83. The van der Waals surface area contributed by atoms with E-state index in [0.717, 1.165) is 0 Å². The van der Waals surface area contributed by atoms with Crippen LogP contribution in [0.4, 0.5) is 0 Å². The van der Waals surface area contributed by atoms with Crippen LogP contribution in [0.3, 0.4) is 0 Å². The van der Waals surface area contributed by atoms with Crippen molar-refractivity contribution in [3.63, 3.8) is 0 Å². The highest BCUT2D eigenvalue weighted by Gasteiger charge is 2.21. The predicted octanol–water partition coefficient (Wildman–Crippen LogP) is 2.14. The molecule has 0 spiro atoms. The molecule has 0 aromatic rings. The lowest BCUT2D eigenvalue weighted by Crippen LogP contribution is -2.35. The number of aliphatic carboxylic acids is 1. The quantitative estimate of drug-likeness (QED) is 0.679. The Hall–Kier alpha value is -0.990. The zero-order valence-corrected chi connectivity index (χ0v) is 8.70. The summed E-state index contributed by atoms with van der Waals surface area (Å²) in [5.41, 5.74) is 0. The van der Waals surface area contributed by atoms with Crippen molar-refractivity contribution >= 4 is 5.97 Å². The predicted molar refractivity (Wildman–Crippen MR) is 55.9 cm³/mol. The third-order valence-corrected chi connectivity index (χ3v) is 2.97. The molecule has 0 aliphatic heterocycles. The highest BCUT2D eigenvalue weighted by molar-refractivity contribution is 5.79. The fourth-order valence-corrected chi connectivity index (χ4v) is 2.16. The van der Waals surface area contributed by atoms with Crippen molar-refractivity contribution in [2.75, 3.05) is 0 Å². The minimum absolute atomic E-state index is 0.476. The molecule has 2 unspecified atom stereocenters. The fraction of sp³-hybridized carbons (Fsp3) is 0.727. The first kappa shape index (κ1) is 11.1. The molecular formula is C11H19NO2. The van der Waals surface area contributed by atoms with Gasteiger partial charge in [-0.05, 0) is 18.8 Å². The summed E-state index contributed by atoms with van der Waals surface area (Å²) < 4.78 is 0. The lowest BCUT2D eigenvalue weighted by molar-refractivity contribution is -0.131. The van der Waals surface area contributed by atoms with E-state index in [0.29, 0.717) is 12.0 Å². The molecule has 2 N–H and O–H groups in total. The van der Waals surface area contributed by atoms with Gasteiger partial charge in [-0.3, -0.25) is 0 Å². The van der Waals surface area contributed by atoms with E-state index in [-0.39, 0.29) is 0 Å². The maximum Gasteiger partial charge on any atom is 0.329 e. The molecule has 0 aromatic heterocycles. The molecule has 0 amide bonds. The summed E-state index contributed by atoms with van der Waals surface area (Å²) in [6.07, 6.45) is 8.94. The highest BCUT2D eigenvalue weighted by atomic mass is 16.4. The number of hydrogen-bond acceptors (Lipinski definition) is 2. The lowest BCUT2D eigenvalue weighted by Gasteiger charge is -2.30. The van der Waals surface area contributed by atoms with Gasteiger partial charge in [-0.1, -0.05) is 26.2 Å².